The number of para-hydroxylation sites is 1. The van der Waals surface area contributed by atoms with Gasteiger partial charge in [-0.3, -0.25) is 9.10 Å². The van der Waals surface area contributed by atoms with Crippen molar-refractivity contribution in [1.29, 1.82) is 0 Å². The highest BCUT2D eigenvalue weighted by atomic mass is 32.2. The van der Waals surface area contributed by atoms with E-state index in [4.69, 9.17) is 4.42 Å². The van der Waals surface area contributed by atoms with Crippen LogP contribution in [0.15, 0.2) is 47.3 Å². The minimum atomic E-state index is -3.49. The molecule has 1 amide bonds. The number of piperidine rings is 1. The molecule has 25 heavy (non-hydrogen) atoms. The van der Waals surface area contributed by atoms with Crippen LogP contribution in [0.5, 0.6) is 0 Å². The lowest BCUT2D eigenvalue weighted by atomic mass is 10.1. The summed E-state index contributed by atoms with van der Waals surface area (Å²) in [6, 6.07) is 9.23. The maximum atomic E-state index is 13.2. The van der Waals surface area contributed by atoms with Gasteiger partial charge in [-0.1, -0.05) is 18.2 Å². The van der Waals surface area contributed by atoms with Gasteiger partial charge in [0.1, 0.15) is 6.26 Å². The van der Waals surface area contributed by atoms with Crippen LogP contribution in [0.3, 0.4) is 0 Å². The van der Waals surface area contributed by atoms with Gasteiger partial charge in [0.25, 0.3) is 5.91 Å². The molecule has 2 aliphatic rings. The number of carbonyl (C=O) groups excluding carboxylic acids is 1. The fourth-order valence-corrected chi connectivity index (χ4v) is 5.68. The summed E-state index contributed by atoms with van der Waals surface area (Å²) in [4.78, 5) is 14.1. The van der Waals surface area contributed by atoms with Gasteiger partial charge in [0, 0.05) is 19.6 Å². The molecule has 6 nitrogen and oxygen atoms in total. The van der Waals surface area contributed by atoms with Crippen LogP contribution in [0, 0.1) is 0 Å². The number of benzene rings is 1. The number of sulfonamides is 1. The van der Waals surface area contributed by atoms with Crippen molar-refractivity contribution < 1.29 is 17.6 Å². The van der Waals surface area contributed by atoms with Crippen LogP contribution in [0.4, 0.5) is 5.69 Å². The van der Waals surface area contributed by atoms with Crippen molar-refractivity contribution >= 4 is 21.6 Å². The predicted molar refractivity (Wildman–Crippen MR) is 94.0 cm³/mol. The molecule has 7 heteroatoms. The molecule has 4 rings (SSSR count). The minimum Gasteiger partial charge on any atom is -0.472 e. The third-order valence-corrected chi connectivity index (χ3v) is 7.23. The number of likely N-dealkylation sites (tertiary alicyclic amines) is 1. The van der Waals surface area contributed by atoms with E-state index in [0.29, 0.717) is 31.5 Å². The van der Waals surface area contributed by atoms with Crippen molar-refractivity contribution in [2.45, 2.75) is 24.5 Å². The summed E-state index contributed by atoms with van der Waals surface area (Å²) in [5, 5.41) is -0.566. The molecule has 2 aliphatic heterocycles. The molecule has 1 aromatic heterocycles. The lowest BCUT2D eigenvalue weighted by molar-refractivity contribution is 0.0726. The van der Waals surface area contributed by atoms with Gasteiger partial charge in [0.2, 0.25) is 10.0 Å². The standard InChI is InChI=1S/C18H20N2O4S/c21-18(15-8-11-24-13-15)19-9-3-5-16(12-19)25(22,23)20-10-7-14-4-1-2-6-17(14)20/h1-2,4,6,8,11,13,16H,3,5,7,9-10,12H2/t16-/m1/s1. The van der Waals surface area contributed by atoms with Crippen molar-refractivity contribution in [2.24, 2.45) is 0 Å². The first-order chi connectivity index (χ1) is 12.1. The van der Waals surface area contributed by atoms with E-state index in [-0.39, 0.29) is 12.5 Å². The Morgan fingerprint density at radius 2 is 2.00 bits per heavy atom. The Labute approximate surface area is 147 Å². The summed E-state index contributed by atoms with van der Waals surface area (Å²) in [6.07, 6.45) is 4.85. The lowest BCUT2D eigenvalue weighted by Gasteiger charge is -2.34. The Bertz CT molecular complexity index is 876. The molecule has 3 heterocycles. The highest BCUT2D eigenvalue weighted by Crippen LogP contribution is 2.33. The second kappa shape index (κ2) is 6.22. The molecule has 0 bridgehead atoms. The van der Waals surface area contributed by atoms with Gasteiger partial charge in [-0.2, -0.15) is 0 Å². The van der Waals surface area contributed by atoms with Crippen LogP contribution in [-0.2, 0) is 16.4 Å². The quantitative estimate of drug-likeness (QED) is 0.842. The second-order valence-electron chi connectivity index (χ2n) is 6.52. The van der Waals surface area contributed by atoms with Crippen molar-refractivity contribution in [3.05, 3.63) is 54.0 Å². The van der Waals surface area contributed by atoms with E-state index in [1.54, 1.807) is 11.0 Å². The fraction of sp³-hybridized carbons (Fsp3) is 0.389. The van der Waals surface area contributed by atoms with E-state index in [2.05, 4.69) is 0 Å². The number of hydrogen-bond acceptors (Lipinski definition) is 4. The van der Waals surface area contributed by atoms with Crippen LogP contribution in [0.1, 0.15) is 28.8 Å². The van der Waals surface area contributed by atoms with Crippen molar-refractivity contribution in [1.82, 2.24) is 4.90 Å². The van der Waals surface area contributed by atoms with E-state index in [0.717, 1.165) is 17.7 Å². The second-order valence-corrected chi connectivity index (χ2v) is 8.66. The van der Waals surface area contributed by atoms with Crippen LogP contribution in [0.25, 0.3) is 0 Å². The summed E-state index contributed by atoms with van der Waals surface area (Å²) in [7, 11) is -3.49. The SMILES string of the molecule is O=C(c1ccoc1)N1CCC[C@@H](S(=O)(=O)N2CCc3ccccc32)C1. The number of hydrogen-bond donors (Lipinski definition) is 0. The van der Waals surface area contributed by atoms with E-state index in [9.17, 15) is 13.2 Å². The van der Waals surface area contributed by atoms with Gasteiger partial charge in [-0.25, -0.2) is 8.42 Å². The Balaban J connectivity index is 1.56. The predicted octanol–water partition coefficient (Wildman–Crippen LogP) is 2.28. The molecular weight excluding hydrogens is 340 g/mol. The molecule has 2 aromatic rings. The fourth-order valence-electron chi connectivity index (χ4n) is 3.69. The number of fused-ring (bicyclic) bond motifs is 1. The van der Waals surface area contributed by atoms with Crippen molar-refractivity contribution in [2.75, 3.05) is 23.9 Å². The molecule has 1 fully saturated rings. The van der Waals surface area contributed by atoms with Crippen molar-refractivity contribution in [3.63, 3.8) is 0 Å². The zero-order chi connectivity index (χ0) is 17.4. The van der Waals surface area contributed by atoms with Gasteiger partial charge >= 0.3 is 0 Å². The average Bonchev–Trinajstić information content (AvgIpc) is 3.31. The van der Waals surface area contributed by atoms with E-state index < -0.39 is 15.3 Å². The van der Waals surface area contributed by atoms with E-state index >= 15 is 0 Å². The highest BCUT2D eigenvalue weighted by molar-refractivity contribution is 7.93. The van der Waals surface area contributed by atoms with Crippen LogP contribution in [0.2, 0.25) is 0 Å². The zero-order valence-corrected chi connectivity index (χ0v) is 14.6. The molecule has 0 unspecified atom stereocenters. The van der Waals surface area contributed by atoms with Gasteiger partial charge < -0.3 is 9.32 Å². The molecule has 132 valence electrons. The molecule has 0 spiro atoms. The third kappa shape index (κ3) is 2.82. The Kier molecular flexibility index (Phi) is 4.03. The smallest absolute Gasteiger partial charge is 0.257 e. The number of amides is 1. The highest BCUT2D eigenvalue weighted by Gasteiger charge is 2.39. The van der Waals surface area contributed by atoms with Gasteiger partial charge in [-0.05, 0) is 37.0 Å². The molecule has 1 atom stereocenters. The third-order valence-electron chi connectivity index (χ3n) is 5.01. The first kappa shape index (κ1) is 16.2. The summed E-state index contributed by atoms with van der Waals surface area (Å²) >= 11 is 0. The summed E-state index contributed by atoms with van der Waals surface area (Å²) in [5.74, 6) is -0.171. The first-order valence-electron chi connectivity index (χ1n) is 8.48. The average molecular weight is 360 g/mol. The number of carbonyl (C=O) groups is 1. The van der Waals surface area contributed by atoms with Crippen molar-refractivity contribution in [3.8, 4) is 0 Å². The topological polar surface area (TPSA) is 70.8 Å². The summed E-state index contributed by atoms with van der Waals surface area (Å²) in [6.45, 7) is 1.28. The van der Waals surface area contributed by atoms with E-state index in [1.807, 2.05) is 24.3 Å². The number of anilines is 1. The van der Waals surface area contributed by atoms with E-state index in [1.165, 1.54) is 16.8 Å². The van der Waals surface area contributed by atoms with Crippen LogP contribution < -0.4 is 4.31 Å². The molecule has 1 saturated heterocycles. The van der Waals surface area contributed by atoms with Crippen LogP contribution >= 0.6 is 0 Å². The Morgan fingerprint density at radius 1 is 1.16 bits per heavy atom. The van der Waals surface area contributed by atoms with Gasteiger partial charge in [0.05, 0.1) is 22.8 Å². The molecule has 0 N–H and O–H groups in total. The Hall–Kier alpha value is -2.28. The normalized spacial score (nSPS) is 20.6. The maximum absolute atomic E-state index is 13.2. The molecular formula is C18H20N2O4S. The molecule has 0 aliphatic carbocycles. The number of nitrogens with zero attached hydrogens (tertiary/aromatic N) is 2. The lowest BCUT2D eigenvalue weighted by Crippen LogP contribution is -2.49. The zero-order valence-electron chi connectivity index (χ0n) is 13.8. The molecule has 0 saturated carbocycles. The number of rotatable bonds is 3. The Morgan fingerprint density at radius 3 is 2.80 bits per heavy atom. The first-order valence-corrected chi connectivity index (χ1v) is 9.98. The summed E-state index contributed by atoms with van der Waals surface area (Å²) in [5.41, 5.74) is 2.30. The minimum absolute atomic E-state index is 0.171. The number of furan rings is 1. The maximum Gasteiger partial charge on any atom is 0.257 e. The van der Waals surface area contributed by atoms with Gasteiger partial charge in [0.15, 0.2) is 0 Å². The van der Waals surface area contributed by atoms with Crippen LogP contribution in [-0.4, -0.2) is 44.1 Å². The molecule has 1 aromatic carbocycles. The monoisotopic (exact) mass is 360 g/mol. The largest absolute Gasteiger partial charge is 0.472 e. The molecule has 0 radical (unpaired) electrons. The van der Waals surface area contributed by atoms with Gasteiger partial charge in [-0.15, -0.1) is 0 Å². The summed E-state index contributed by atoms with van der Waals surface area (Å²) < 4.78 is 32.8.